The van der Waals surface area contributed by atoms with Gasteiger partial charge in [0.05, 0.1) is 0 Å². The molecule has 0 aromatic carbocycles. The molecule has 120 valence electrons. The topological polar surface area (TPSA) is 69.7 Å². The highest BCUT2D eigenvalue weighted by molar-refractivity contribution is 5.90. The highest BCUT2D eigenvalue weighted by Gasteiger charge is 2.41. The lowest BCUT2D eigenvalue weighted by atomic mass is 9.89. The van der Waals surface area contributed by atoms with Gasteiger partial charge < -0.3 is 9.47 Å². The van der Waals surface area contributed by atoms with Crippen LogP contribution in [0.4, 0.5) is 0 Å². The van der Waals surface area contributed by atoms with Gasteiger partial charge in [0.15, 0.2) is 0 Å². The molecule has 0 bridgehead atoms. The van der Waals surface area contributed by atoms with Crippen LogP contribution in [0.25, 0.3) is 0 Å². The number of allylic oxidation sites excluding steroid dienone is 1. The molecule has 0 radical (unpaired) electrons. The van der Waals surface area contributed by atoms with Gasteiger partial charge >= 0.3 is 11.9 Å². The Morgan fingerprint density at radius 2 is 2.14 bits per heavy atom. The quantitative estimate of drug-likeness (QED) is 0.453. The van der Waals surface area contributed by atoms with Crippen LogP contribution in [-0.2, 0) is 23.9 Å². The molecule has 1 aliphatic heterocycles. The first kappa shape index (κ1) is 16.5. The van der Waals surface area contributed by atoms with Gasteiger partial charge in [0.2, 0.25) is 0 Å². The molecule has 1 fully saturated rings. The Morgan fingerprint density at radius 3 is 2.73 bits per heavy atom. The van der Waals surface area contributed by atoms with Crippen molar-refractivity contribution in [2.75, 3.05) is 0 Å². The number of hydrogen-bond acceptors (Lipinski definition) is 5. The van der Waals surface area contributed by atoms with Gasteiger partial charge in [0.1, 0.15) is 18.0 Å². The number of carbonyl (C=O) groups excluding carboxylic acids is 3. The standard InChI is InChI=1S/C17H22O5/c1-9-7-15-14(11(3)17(20)22-15)6-5-13(9)16(8-10(2)18)21-12(4)19/h5,9,14-16H,3,6-8H2,1-2,4H3/t9-,14-,15+,16+/m0/s1. The van der Waals surface area contributed by atoms with Crippen molar-refractivity contribution in [3.8, 4) is 0 Å². The van der Waals surface area contributed by atoms with Crippen LogP contribution in [0.15, 0.2) is 23.8 Å². The largest absolute Gasteiger partial charge is 0.458 e. The molecular weight excluding hydrogens is 284 g/mol. The fraction of sp³-hybridized carbons (Fsp3) is 0.588. The molecule has 2 rings (SSSR count). The average Bonchev–Trinajstić information content (AvgIpc) is 2.56. The summed E-state index contributed by atoms with van der Waals surface area (Å²) in [5.74, 6) is -0.710. The first-order valence-corrected chi connectivity index (χ1v) is 7.56. The number of fused-ring (bicyclic) bond motifs is 1. The normalized spacial score (nSPS) is 29.0. The molecule has 5 nitrogen and oxygen atoms in total. The van der Waals surface area contributed by atoms with Crippen LogP contribution in [0.3, 0.4) is 0 Å². The summed E-state index contributed by atoms with van der Waals surface area (Å²) in [6.07, 6.45) is 2.71. The molecule has 1 heterocycles. The number of ketones is 1. The summed E-state index contributed by atoms with van der Waals surface area (Å²) in [6.45, 7) is 8.63. The summed E-state index contributed by atoms with van der Waals surface area (Å²) in [7, 11) is 0. The third-order valence-electron chi connectivity index (χ3n) is 4.33. The zero-order valence-corrected chi connectivity index (χ0v) is 13.3. The van der Waals surface area contributed by atoms with E-state index >= 15 is 0 Å². The van der Waals surface area contributed by atoms with E-state index in [4.69, 9.17) is 9.47 Å². The Morgan fingerprint density at radius 1 is 1.45 bits per heavy atom. The highest BCUT2D eigenvalue weighted by Crippen LogP contribution is 2.39. The Hall–Kier alpha value is -1.91. The third kappa shape index (κ3) is 3.46. The SMILES string of the molecule is C=C1C(=O)O[C@@H]2C[C@H](C)C([C@@H](CC(C)=O)OC(C)=O)=CC[C@@H]12. The summed E-state index contributed by atoms with van der Waals surface area (Å²) in [5.41, 5.74) is 1.44. The molecule has 2 aliphatic rings. The predicted octanol–water partition coefficient (Wildman–Crippen LogP) is 2.35. The molecular formula is C17H22O5. The van der Waals surface area contributed by atoms with Gasteiger partial charge in [0.25, 0.3) is 0 Å². The minimum atomic E-state index is -0.534. The van der Waals surface area contributed by atoms with Crippen LogP contribution in [0.5, 0.6) is 0 Å². The Labute approximate surface area is 130 Å². The minimum Gasteiger partial charge on any atom is -0.458 e. The van der Waals surface area contributed by atoms with Gasteiger partial charge in [0, 0.05) is 24.8 Å². The summed E-state index contributed by atoms with van der Waals surface area (Å²) in [4.78, 5) is 34.4. The average molecular weight is 306 g/mol. The Balaban J connectivity index is 2.23. The predicted molar refractivity (Wildman–Crippen MR) is 79.8 cm³/mol. The lowest BCUT2D eigenvalue weighted by Crippen LogP contribution is -2.26. The van der Waals surface area contributed by atoms with E-state index in [1.165, 1.54) is 13.8 Å². The van der Waals surface area contributed by atoms with Gasteiger partial charge in [-0.15, -0.1) is 0 Å². The minimum absolute atomic E-state index is 0.0252. The second-order valence-electron chi connectivity index (χ2n) is 6.16. The smallest absolute Gasteiger partial charge is 0.334 e. The molecule has 0 saturated carbocycles. The highest BCUT2D eigenvalue weighted by atomic mass is 16.6. The van der Waals surface area contributed by atoms with Crippen LogP contribution < -0.4 is 0 Å². The first-order chi connectivity index (χ1) is 10.3. The lowest BCUT2D eigenvalue weighted by Gasteiger charge is -2.24. The summed E-state index contributed by atoms with van der Waals surface area (Å²) < 4.78 is 10.7. The van der Waals surface area contributed by atoms with Crippen LogP contribution in [0.1, 0.15) is 40.0 Å². The maximum Gasteiger partial charge on any atom is 0.334 e. The molecule has 0 unspecified atom stereocenters. The van der Waals surface area contributed by atoms with E-state index in [1.54, 1.807) is 0 Å². The molecule has 22 heavy (non-hydrogen) atoms. The fourth-order valence-electron chi connectivity index (χ4n) is 3.26. The molecule has 0 amide bonds. The maximum atomic E-state index is 11.6. The van der Waals surface area contributed by atoms with E-state index in [-0.39, 0.29) is 36.1 Å². The lowest BCUT2D eigenvalue weighted by molar-refractivity contribution is -0.145. The monoisotopic (exact) mass is 306 g/mol. The zero-order valence-electron chi connectivity index (χ0n) is 13.3. The van der Waals surface area contributed by atoms with E-state index < -0.39 is 12.1 Å². The molecule has 0 N–H and O–H groups in total. The van der Waals surface area contributed by atoms with E-state index in [2.05, 4.69) is 6.58 Å². The van der Waals surface area contributed by atoms with Gasteiger partial charge in [-0.25, -0.2) is 4.79 Å². The second-order valence-corrected chi connectivity index (χ2v) is 6.16. The number of ether oxygens (including phenoxy) is 2. The van der Waals surface area contributed by atoms with Gasteiger partial charge in [-0.05, 0) is 31.3 Å². The molecule has 0 aromatic rings. The van der Waals surface area contributed by atoms with Crippen LogP contribution in [0, 0.1) is 11.8 Å². The third-order valence-corrected chi connectivity index (χ3v) is 4.33. The number of esters is 2. The number of hydrogen-bond donors (Lipinski definition) is 0. The van der Waals surface area contributed by atoms with Crippen molar-refractivity contribution in [3.05, 3.63) is 23.8 Å². The molecule has 4 atom stereocenters. The van der Waals surface area contributed by atoms with Crippen LogP contribution >= 0.6 is 0 Å². The van der Waals surface area contributed by atoms with Crippen molar-refractivity contribution < 1.29 is 23.9 Å². The Kier molecular flexibility index (Phi) is 4.84. The summed E-state index contributed by atoms with van der Waals surface area (Å²) >= 11 is 0. The van der Waals surface area contributed by atoms with Gasteiger partial charge in [-0.2, -0.15) is 0 Å². The van der Waals surface area contributed by atoms with Crippen LogP contribution in [-0.4, -0.2) is 29.9 Å². The van der Waals surface area contributed by atoms with Crippen molar-refractivity contribution in [3.63, 3.8) is 0 Å². The van der Waals surface area contributed by atoms with Crippen molar-refractivity contribution in [2.24, 2.45) is 11.8 Å². The van der Waals surface area contributed by atoms with Gasteiger partial charge in [-0.3, -0.25) is 9.59 Å². The van der Waals surface area contributed by atoms with E-state index in [1.807, 2.05) is 13.0 Å². The number of rotatable bonds is 4. The van der Waals surface area contributed by atoms with Crippen molar-refractivity contribution >= 4 is 17.7 Å². The summed E-state index contributed by atoms with van der Waals surface area (Å²) in [6, 6.07) is 0. The maximum absolute atomic E-state index is 11.6. The number of carbonyl (C=O) groups is 3. The van der Waals surface area contributed by atoms with Crippen molar-refractivity contribution in [2.45, 2.75) is 52.2 Å². The zero-order chi connectivity index (χ0) is 16.4. The van der Waals surface area contributed by atoms with Crippen LogP contribution in [0.2, 0.25) is 0 Å². The Bertz CT molecular complexity index is 529. The first-order valence-electron chi connectivity index (χ1n) is 7.56. The van der Waals surface area contributed by atoms with Crippen molar-refractivity contribution in [1.29, 1.82) is 0 Å². The molecule has 1 saturated heterocycles. The van der Waals surface area contributed by atoms with Crippen molar-refractivity contribution in [1.82, 2.24) is 0 Å². The molecule has 1 aliphatic carbocycles. The number of Topliss-reactive ketones (excluding diaryl/α,β-unsaturated/α-hetero) is 1. The fourth-order valence-corrected chi connectivity index (χ4v) is 3.26. The molecule has 0 spiro atoms. The van der Waals surface area contributed by atoms with E-state index in [0.29, 0.717) is 18.4 Å². The molecule has 5 heteroatoms. The van der Waals surface area contributed by atoms with Gasteiger partial charge in [-0.1, -0.05) is 19.6 Å². The summed E-state index contributed by atoms with van der Waals surface area (Å²) in [5, 5.41) is 0. The van der Waals surface area contributed by atoms with E-state index in [9.17, 15) is 14.4 Å². The molecule has 0 aromatic heterocycles. The second kappa shape index (κ2) is 6.46. The van der Waals surface area contributed by atoms with E-state index in [0.717, 1.165) is 5.57 Å².